The first-order valence-corrected chi connectivity index (χ1v) is 8.39. The number of carbonyl (C=O) groups excluding carboxylic acids is 1. The first-order chi connectivity index (χ1) is 9.94. The van der Waals surface area contributed by atoms with Crippen LogP contribution in [-0.2, 0) is 14.3 Å². The first-order valence-electron chi connectivity index (χ1n) is 8.39. The summed E-state index contributed by atoms with van der Waals surface area (Å²) in [5, 5.41) is 9.32. The van der Waals surface area contributed by atoms with E-state index >= 15 is 0 Å². The van der Waals surface area contributed by atoms with Crippen molar-refractivity contribution in [1.82, 2.24) is 0 Å². The molecule has 0 atom stereocenters. The van der Waals surface area contributed by atoms with Crippen LogP contribution in [0.3, 0.4) is 0 Å². The summed E-state index contributed by atoms with van der Waals surface area (Å²) < 4.78 is 5.74. The van der Waals surface area contributed by atoms with E-state index in [1.807, 2.05) is 48.5 Å². The lowest BCUT2D eigenvalue weighted by Crippen LogP contribution is -2.42. The number of carbonyl (C=O) groups is 2. The van der Waals surface area contributed by atoms with Crippen molar-refractivity contribution < 1.29 is 19.4 Å². The summed E-state index contributed by atoms with van der Waals surface area (Å²) in [7, 11) is 0. The molecular formula is C18H34O4. The summed E-state index contributed by atoms with van der Waals surface area (Å²) in [5.74, 6) is -0.817. The molecule has 0 aliphatic carbocycles. The molecule has 22 heavy (non-hydrogen) atoms. The Bertz CT molecular complexity index is 359. The third-order valence-corrected chi connectivity index (χ3v) is 3.74. The number of esters is 1. The van der Waals surface area contributed by atoms with E-state index in [4.69, 9.17) is 4.74 Å². The van der Waals surface area contributed by atoms with Gasteiger partial charge in [-0.15, -0.1) is 0 Å². The fourth-order valence-corrected chi connectivity index (χ4v) is 3.33. The van der Waals surface area contributed by atoms with Gasteiger partial charge in [-0.2, -0.15) is 0 Å². The molecule has 0 unspecified atom stereocenters. The van der Waals surface area contributed by atoms with Crippen molar-refractivity contribution in [1.29, 1.82) is 0 Å². The maximum Gasteiger partial charge on any atom is 0.313 e. The summed E-state index contributed by atoms with van der Waals surface area (Å²) in [6.07, 6.45) is 2.60. The topological polar surface area (TPSA) is 63.6 Å². The van der Waals surface area contributed by atoms with Gasteiger partial charge < -0.3 is 9.84 Å². The Morgan fingerprint density at radius 1 is 1.05 bits per heavy atom. The van der Waals surface area contributed by atoms with Gasteiger partial charge in [-0.05, 0) is 44.9 Å². The summed E-state index contributed by atoms with van der Waals surface area (Å²) >= 11 is 0. The van der Waals surface area contributed by atoms with E-state index in [1.54, 1.807) is 0 Å². The van der Waals surface area contributed by atoms with E-state index in [1.165, 1.54) is 0 Å². The zero-order chi connectivity index (χ0) is 17.6. The largest absolute Gasteiger partial charge is 0.481 e. The van der Waals surface area contributed by atoms with Crippen molar-refractivity contribution in [2.24, 2.45) is 17.3 Å². The lowest BCUT2D eigenvalue weighted by atomic mass is 9.71. The maximum atomic E-state index is 12.9. The predicted molar refractivity (Wildman–Crippen MR) is 88.7 cm³/mol. The van der Waals surface area contributed by atoms with Crippen LogP contribution in [0.1, 0.15) is 80.6 Å². The van der Waals surface area contributed by atoms with Crippen molar-refractivity contribution >= 4 is 11.9 Å². The molecule has 0 spiro atoms. The van der Waals surface area contributed by atoms with Crippen molar-refractivity contribution in [3.8, 4) is 0 Å². The zero-order valence-electron chi connectivity index (χ0n) is 15.4. The van der Waals surface area contributed by atoms with Crippen LogP contribution in [0.25, 0.3) is 0 Å². The molecule has 0 rings (SSSR count). The molecule has 0 aromatic carbocycles. The number of ether oxygens (including phenoxy) is 1. The molecule has 0 fully saturated rings. The Hall–Kier alpha value is -1.06. The molecule has 0 aromatic rings. The van der Waals surface area contributed by atoms with Crippen LogP contribution in [0.5, 0.6) is 0 Å². The quantitative estimate of drug-likeness (QED) is 0.596. The molecular weight excluding hydrogens is 280 g/mol. The molecule has 0 radical (unpaired) electrons. The summed E-state index contributed by atoms with van der Waals surface area (Å²) in [6.45, 7) is 13.9. The van der Waals surface area contributed by atoms with Crippen molar-refractivity contribution in [3.63, 3.8) is 0 Å². The molecule has 0 bridgehead atoms. The van der Waals surface area contributed by atoms with Crippen LogP contribution in [0.15, 0.2) is 0 Å². The van der Waals surface area contributed by atoms with E-state index in [0.717, 1.165) is 12.8 Å². The minimum absolute atomic E-state index is 0.162. The highest BCUT2D eigenvalue weighted by Gasteiger charge is 2.44. The molecule has 1 N–H and O–H groups in total. The van der Waals surface area contributed by atoms with Crippen LogP contribution in [0, 0.1) is 17.3 Å². The van der Waals surface area contributed by atoms with Crippen molar-refractivity contribution in [3.05, 3.63) is 0 Å². The first kappa shape index (κ1) is 20.9. The summed E-state index contributed by atoms with van der Waals surface area (Å²) in [4.78, 5) is 24.2. The van der Waals surface area contributed by atoms with Gasteiger partial charge in [0.05, 0.1) is 11.8 Å². The number of hydrogen-bond acceptors (Lipinski definition) is 3. The highest BCUT2D eigenvalue weighted by atomic mass is 16.6. The number of aliphatic carboxylic acids is 1. The smallest absolute Gasteiger partial charge is 0.313 e. The van der Waals surface area contributed by atoms with Gasteiger partial charge in [0.1, 0.15) is 5.60 Å². The van der Waals surface area contributed by atoms with Crippen LogP contribution >= 0.6 is 0 Å². The lowest BCUT2D eigenvalue weighted by Gasteiger charge is -2.37. The van der Waals surface area contributed by atoms with Gasteiger partial charge in [0.15, 0.2) is 0 Å². The van der Waals surface area contributed by atoms with Gasteiger partial charge in [0, 0.05) is 0 Å². The Balaban J connectivity index is 5.48. The fourth-order valence-electron chi connectivity index (χ4n) is 3.33. The van der Waals surface area contributed by atoms with Crippen LogP contribution < -0.4 is 0 Å². The monoisotopic (exact) mass is 314 g/mol. The molecule has 0 saturated heterocycles. The molecule has 0 heterocycles. The number of carboxylic acid groups (broad SMARTS) is 1. The molecule has 0 aliphatic rings. The average molecular weight is 314 g/mol. The van der Waals surface area contributed by atoms with E-state index in [-0.39, 0.29) is 24.2 Å². The zero-order valence-corrected chi connectivity index (χ0v) is 15.4. The van der Waals surface area contributed by atoms with E-state index in [2.05, 4.69) is 0 Å². The molecule has 0 amide bonds. The van der Waals surface area contributed by atoms with E-state index in [9.17, 15) is 14.7 Å². The number of rotatable bonds is 10. The van der Waals surface area contributed by atoms with Gasteiger partial charge >= 0.3 is 11.9 Å². The van der Waals surface area contributed by atoms with Gasteiger partial charge in [-0.25, -0.2) is 0 Å². The molecule has 4 heteroatoms. The van der Waals surface area contributed by atoms with E-state index in [0.29, 0.717) is 12.8 Å². The molecule has 0 saturated carbocycles. The fraction of sp³-hybridized carbons (Fsp3) is 0.889. The Kier molecular flexibility index (Phi) is 8.13. The Morgan fingerprint density at radius 3 is 1.82 bits per heavy atom. The Morgan fingerprint density at radius 2 is 1.50 bits per heavy atom. The highest BCUT2D eigenvalue weighted by Crippen LogP contribution is 2.40. The molecule has 4 nitrogen and oxygen atoms in total. The second-order valence-corrected chi connectivity index (χ2v) is 7.95. The average Bonchev–Trinajstić information content (AvgIpc) is 2.24. The second-order valence-electron chi connectivity index (χ2n) is 7.95. The van der Waals surface area contributed by atoms with E-state index < -0.39 is 17.0 Å². The highest BCUT2D eigenvalue weighted by molar-refractivity contribution is 5.83. The predicted octanol–water partition coefficient (Wildman–Crippen LogP) is 4.66. The van der Waals surface area contributed by atoms with Crippen LogP contribution in [0.4, 0.5) is 0 Å². The SMILES string of the molecule is CCCC(C)(C)OC(=O)C(CC(=O)O)(CC(C)C)CC(C)C. The second kappa shape index (κ2) is 8.54. The molecule has 130 valence electrons. The summed E-state index contributed by atoms with van der Waals surface area (Å²) in [6, 6.07) is 0. The minimum atomic E-state index is -0.938. The van der Waals surface area contributed by atoms with Gasteiger partial charge in [0.25, 0.3) is 0 Å². The van der Waals surface area contributed by atoms with Crippen molar-refractivity contribution in [2.75, 3.05) is 0 Å². The minimum Gasteiger partial charge on any atom is -0.481 e. The standard InChI is InChI=1S/C18H34O4/c1-8-9-17(6,7)22-16(21)18(10-13(2)3,11-14(4)5)12-15(19)20/h13-14H,8-12H2,1-7H3,(H,19,20). The molecule has 0 aromatic heterocycles. The third-order valence-electron chi connectivity index (χ3n) is 3.74. The van der Waals surface area contributed by atoms with Gasteiger partial charge in [-0.3, -0.25) is 9.59 Å². The summed E-state index contributed by atoms with van der Waals surface area (Å²) in [5.41, 5.74) is -1.48. The van der Waals surface area contributed by atoms with Crippen molar-refractivity contribution in [2.45, 2.75) is 86.2 Å². The third kappa shape index (κ3) is 7.28. The van der Waals surface area contributed by atoms with Gasteiger partial charge in [-0.1, -0.05) is 41.0 Å². The number of hydrogen-bond donors (Lipinski definition) is 1. The number of carboxylic acids is 1. The Labute approximate surface area is 135 Å². The normalized spacial score (nSPS) is 12.8. The lowest BCUT2D eigenvalue weighted by molar-refractivity contribution is -0.176. The molecule has 0 aliphatic heterocycles. The van der Waals surface area contributed by atoms with Crippen LogP contribution in [-0.4, -0.2) is 22.6 Å². The maximum absolute atomic E-state index is 12.9. The van der Waals surface area contributed by atoms with Gasteiger partial charge in [0.2, 0.25) is 0 Å². The van der Waals surface area contributed by atoms with Crippen LogP contribution in [0.2, 0.25) is 0 Å².